The second-order valence-electron chi connectivity index (χ2n) is 8.81. The summed E-state index contributed by atoms with van der Waals surface area (Å²) in [6, 6.07) is 20.4. The quantitative estimate of drug-likeness (QED) is 0.369. The summed E-state index contributed by atoms with van der Waals surface area (Å²) in [6.45, 7) is 4.54. The zero-order chi connectivity index (χ0) is 24.5. The number of aryl methyl sites for hydroxylation is 2. The van der Waals surface area contributed by atoms with Gasteiger partial charge in [0.05, 0.1) is 5.56 Å². The molecule has 0 saturated heterocycles. The van der Waals surface area contributed by atoms with E-state index >= 15 is 0 Å². The molecule has 174 valence electrons. The molecule has 0 saturated carbocycles. The van der Waals surface area contributed by atoms with Gasteiger partial charge in [0.25, 0.3) is 17.7 Å². The second kappa shape index (κ2) is 9.14. The molecule has 0 radical (unpaired) electrons. The van der Waals surface area contributed by atoms with Gasteiger partial charge in [-0.1, -0.05) is 42.0 Å². The summed E-state index contributed by atoms with van der Waals surface area (Å²) in [5.74, 6) is -0.761. The molecule has 35 heavy (non-hydrogen) atoms. The summed E-state index contributed by atoms with van der Waals surface area (Å²) in [4.78, 5) is 47.0. The van der Waals surface area contributed by atoms with Gasteiger partial charge in [0.2, 0.25) is 0 Å². The number of aromatic nitrogens is 1. The van der Waals surface area contributed by atoms with E-state index in [-0.39, 0.29) is 24.3 Å². The number of anilines is 1. The average molecular weight is 464 g/mol. The monoisotopic (exact) mass is 463 g/mol. The van der Waals surface area contributed by atoms with E-state index in [1.165, 1.54) is 4.90 Å². The van der Waals surface area contributed by atoms with Crippen LogP contribution in [0, 0.1) is 13.8 Å². The molecule has 3 amide bonds. The maximum Gasteiger partial charge on any atom is 0.261 e. The molecule has 0 N–H and O–H groups in total. The van der Waals surface area contributed by atoms with Crippen LogP contribution in [-0.4, -0.2) is 40.7 Å². The Balaban J connectivity index is 1.40. The van der Waals surface area contributed by atoms with E-state index in [2.05, 4.69) is 4.98 Å². The van der Waals surface area contributed by atoms with Gasteiger partial charge in [0, 0.05) is 47.7 Å². The van der Waals surface area contributed by atoms with Gasteiger partial charge in [-0.3, -0.25) is 24.3 Å². The Morgan fingerprint density at radius 3 is 2.26 bits per heavy atom. The standard InChI is InChI=1S/C29H25N3O3/c1-19-12-13-25(20(2)17-19)31(27(33)22-9-5-14-30-18-22)15-6-16-32-28(34)23-10-3-7-21-8-4-11-24(26(21)23)29(32)35/h3-5,7-14,17-18H,6,15-16H2,1-2H3. The molecule has 0 fully saturated rings. The number of carbonyl (C=O) groups is 3. The predicted octanol–water partition coefficient (Wildman–Crippen LogP) is 5.18. The van der Waals surface area contributed by atoms with Crippen LogP contribution in [0.1, 0.15) is 48.6 Å². The van der Waals surface area contributed by atoms with Gasteiger partial charge in [-0.25, -0.2) is 0 Å². The molecule has 0 spiro atoms. The molecule has 1 aromatic heterocycles. The third-order valence-electron chi connectivity index (χ3n) is 6.42. The van der Waals surface area contributed by atoms with Crippen molar-refractivity contribution < 1.29 is 14.4 Å². The highest BCUT2D eigenvalue weighted by Crippen LogP contribution is 2.30. The Morgan fingerprint density at radius 2 is 1.63 bits per heavy atom. The smallest absolute Gasteiger partial charge is 0.261 e. The fourth-order valence-electron chi connectivity index (χ4n) is 4.76. The summed E-state index contributed by atoms with van der Waals surface area (Å²) in [5.41, 5.74) is 4.45. The van der Waals surface area contributed by atoms with Crippen LogP contribution in [0.5, 0.6) is 0 Å². The minimum atomic E-state index is -0.295. The van der Waals surface area contributed by atoms with Gasteiger partial charge in [-0.15, -0.1) is 0 Å². The molecule has 5 rings (SSSR count). The normalized spacial score (nSPS) is 12.8. The molecule has 3 aromatic carbocycles. The van der Waals surface area contributed by atoms with E-state index in [4.69, 9.17) is 0 Å². The SMILES string of the molecule is Cc1ccc(N(CCCN2C(=O)c3cccc4cccc(c34)C2=O)C(=O)c2cccnc2)c(C)c1. The Bertz CT molecular complexity index is 1410. The Morgan fingerprint density at radius 1 is 0.914 bits per heavy atom. The van der Waals surface area contributed by atoms with Gasteiger partial charge >= 0.3 is 0 Å². The van der Waals surface area contributed by atoms with Crippen molar-refractivity contribution in [2.45, 2.75) is 20.3 Å². The molecule has 1 aliphatic heterocycles. The summed E-state index contributed by atoms with van der Waals surface area (Å²) < 4.78 is 0. The molecule has 0 atom stereocenters. The van der Waals surface area contributed by atoms with Crippen LogP contribution in [0.3, 0.4) is 0 Å². The number of imide groups is 1. The van der Waals surface area contributed by atoms with Crippen LogP contribution in [0.25, 0.3) is 10.8 Å². The zero-order valence-electron chi connectivity index (χ0n) is 19.7. The molecule has 6 nitrogen and oxygen atoms in total. The first kappa shape index (κ1) is 22.5. The number of hydrogen-bond donors (Lipinski definition) is 0. The van der Waals surface area contributed by atoms with Crippen molar-refractivity contribution in [1.29, 1.82) is 0 Å². The predicted molar refractivity (Wildman–Crippen MR) is 136 cm³/mol. The van der Waals surface area contributed by atoms with Crippen molar-refractivity contribution in [2.24, 2.45) is 0 Å². The Labute approximate surface area is 203 Å². The molecule has 4 aromatic rings. The number of hydrogen-bond acceptors (Lipinski definition) is 4. The third-order valence-corrected chi connectivity index (χ3v) is 6.42. The molecule has 6 heteroatoms. The summed E-state index contributed by atoms with van der Waals surface area (Å²) >= 11 is 0. The highest BCUT2D eigenvalue weighted by Gasteiger charge is 2.32. The largest absolute Gasteiger partial charge is 0.308 e. The highest BCUT2D eigenvalue weighted by molar-refractivity contribution is 6.25. The highest BCUT2D eigenvalue weighted by atomic mass is 16.2. The maximum atomic E-state index is 13.4. The average Bonchev–Trinajstić information content (AvgIpc) is 2.87. The van der Waals surface area contributed by atoms with Crippen molar-refractivity contribution in [3.63, 3.8) is 0 Å². The van der Waals surface area contributed by atoms with Crippen LogP contribution in [0.4, 0.5) is 5.69 Å². The van der Waals surface area contributed by atoms with Crippen molar-refractivity contribution >= 4 is 34.2 Å². The summed E-state index contributed by atoms with van der Waals surface area (Å²) in [6.07, 6.45) is 3.62. The third kappa shape index (κ3) is 4.08. The molecule has 1 aliphatic rings. The maximum absolute atomic E-state index is 13.4. The number of amides is 3. The van der Waals surface area contributed by atoms with Gasteiger partial charge in [0.1, 0.15) is 0 Å². The number of benzene rings is 3. The van der Waals surface area contributed by atoms with Gasteiger partial charge in [-0.2, -0.15) is 0 Å². The molecular weight excluding hydrogens is 438 g/mol. The number of pyridine rings is 1. The van der Waals surface area contributed by atoms with Gasteiger partial charge in [0.15, 0.2) is 0 Å². The number of carbonyl (C=O) groups excluding carboxylic acids is 3. The van der Waals surface area contributed by atoms with Crippen LogP contribution in [0.15, 0.2) is 79.1 Å². The van der Waals surface area contributed by atoms with Gasteiger partial charge < -0.3 is 4.90 Å². The first-order chi connectivity index (χ1) is 17.0. The van der Waals surface area contributed by atoms with E-state index in [0.29, 0.717) is 35.0 Å². The van der Waals surface area contributed by atoms with Crippen LogP contribution in [0.2, 0.25) is 0 Å². The first-order valence-corrected chi connectivity index (χ1v) is 11.6. The van der Waals surface area contributed by atoms with Crippen molar-refractivity contribution in [1.82, 2.24) is 9.88 Å². The fourth-order valence-corrected chi connectivity index (χ4v) is 4.76. The minimum Gasteiger partial charge on any atom is -0.308 e. The lowest BCUT2D eigenvalue weighted by Crippen LogP contribution is -2.42. The zero-order valence-corrected chi connectivity index (χ0v) is 19.7. The van der Waals surface area contributed by atoms with E-state index in [0.717, 1.165) is 22.2 Å². The van der Waals surface area contributed by atoms with Crippen LogP contribution in [-0.2, 0) is 0 Å². The minimum absolute atomic E-state index is 0.170. The molecule has 0 unspecified atom stereocenters. The molecule has 2 heterocycles. The van der Waals surface area contributed by atoms with E-state index < -0.39 is 0 Å². The fraction of sp³-hybridized carbons (Fsp3) is 0.172. The van der Waals surface area contributed by atoms with Crippen molar-refractivity contribution in [3.8, 4) is 0 Å². The lowest BCUT2D eigenvalue weighted by Gasteiger charge is -2.29. The molecular formula is C29H25N3O3. The lowest BCUT2D eigenvalue weighted by molar-refractivity contribution is 0.0610. The lowest BCUT2D eigenvalue weighted by atomic mass is 9.94. The summed E-state index contributed by atoms with van der Waals surface area (Å²) in [7, 11) is 0. The Hall–Kier alpha value is -4.32. The topological polar surface area (TPSA) is 70.6 Å². The number of rotatable bonds is 6. The van der Waals surface area contributed by atoms with Crippen molar-refractivity contribution in [3.05, 3.63) is 107 Å². The molecule has 0 aliphatic carbocycles. The second-order valence-corrected chi connectivity index (χ2v) is 8.81. The van der Waals surface area contributed by atoms with Crippen molar-refractivity contribution in [2.75, 3.05) is 18.0 Å². The Kier molecular flexibility index (Phi) is 5.87. The number of nitrogens with zero attached hydrogens (tertiary/aromatic N) is 3. The van der Waals surface area contributed by atoms with E-state index in [1.807, 2.05) is 56.3 Å². The first-order valence-electron chi connectivity index (χ1n) is 11.6. The van der Waals surface area contributed by atoms with E-state index in [1.54, 1.807) is 41.6 Å². The summed E-state index contributed by atoms with van der Waals surface area (Å²) in [5, 5.41) is 1.59. The molecule has 0 bridgehead atoms. The van der Waals surface area contributed by atoms with Crippen LogP contribution < -0.4 is 4.90 Å². The van der Waals surface area contributed by atoms with Crippen LogP contribution >= 0.6 is 0 Å². The van der Waals surface area contributed by atoms with E-state index in [9.17, 15) is 14.4 Å². The van der Waals surface area contributed by atoms with Gasteiger partial charge in [-0.05, 0) is 61.5 Å².